The number of benzene rings is 2. The van der Waals surface area contributed by atoms with Crippen molar-refractivity contribution in [3.05, 3.63) is 56.5 Å². The molecule has 0 spiro atoms. The summed E-state index contributed by atoms with van der Waals surface area (Å²) in [5, 5.41) is 9.80. The fourth-order valence-electron chi connectivity index (χ4n) is 3.91. The van der Waals surface area contributed by atoms with Crippen LogP contribution in [0.1, 0.15) is 36.7 Å². The Balaban J connectivity index is 2.00. The molecular formula is C21H20Br2N4O3S. The van der Waals surface area contributed by atoms with Crippen LogP contribution in [0.4, 0.5) is 5.69 Å². The van der Waals surface area contributed by atoms with Gasteiger partial charge in [0.1, 0.15) is 5.75 Å². The number of ether oxygens (including phenoxy) is 1. The molecule has 7 nitrogen and oxygen atoms in total. The second-order valence-electron chi connectivity index (χ2n) is 6.95. The number of nitrogens with zero attached hydrogens (tertiary/aromatic N) is 3. The highest BCUT2D eigenvalue weighted by Crippen LogP contribution is 2.48. The van der Waals surface area contributed by atoms with Gasteiger partial charge in [0.2, 0.25) is 5.91 Å². The van der Waals surface area contributed by atoms with Crippen LogP contribution in [0.3, 0.4) is 0 Å². The summed E-state index contributed by atoms with van der Waals surface area (Å²) in [5.41, 5.74) is 2.25. The Morgan fingerprint density at radius 2 is 1.94 bits per heavy atom. The monoisotopic (exact) mass is 566 g/mol. The van der Waals surface area contributed by atoms with Crippen molar-refractivity contribution in [2.24, 2.45) is 5.10 Å². The number of carbonyl (C=O) groups excluding carboxylic acids is 2. The van der Waals surface area contributed by atoms with E-state index in [1.807, 2.05) is 49.6 Å². The summed E-state index contributed by atoms with van der Waals surface area (Å²) in [6.07, 6.45) is 1.55. The minimum atomic E-state index is -0.655. The number of halogens is 2. The summed E-state index contributed by atoms with van der Waals surface area (Å²) in [7, 11) is 1.59. The van der Waals surface area contributed by atoms with Gasteiger partial charge >= 0.3 is 0 Å². The fraction of sp³-hybridized carbons (Fsp3) is 0.286. The molecule has 0 aromatic heterocycles. The number of anilines is 1. The largest absolute Gasteiger partial charge is 0.494 e. The molecule has 2 heterocycles. The fourth-order valence-corrected chi connectivity index (χ4v) is 5.83. The molecule has 4 rings (SSSR count). The number of amidine groups is 1. The van der Waals surface area contributed by atoms with Crippen molar-refractivity contribution in [1.82, 2.24) is 10.3 Å². The summed E-state index contributed by atoms with van der Waals surface area (Å²) < 4.78 is 6.91. The van der Waals surface area contributed by atoms with E-state index in [0.29, 0.717) is 23.0 Å². The molecule has 0 saturated heterocycles. The third-order valence-electron chi connectivity index (χ3n) is 5.22. The lowest BCUT2D eigenvalue weighted by Crippen LogP contribution is -2.55. The van der Waals surface area contributed by atoms with Crippen LogP contribution >= 0.6 is 43.6 Å². The number of carbonyl (C=O) groups is 2. The Hall–Kier alpha value is -2.04. The van der Waals surface area contributed by atoms with Gasteiger partial charge in [0.15, 0.2) is 17.4 Å². The first-order chi connectivity index (χ1) is 14.9. The molecular weight excluding hydrogens is 548 g/mol. The zero-order valence-corrected chi connectivity index (χ0v) is 21.0. The van der Waals surface area contributed by atoms with E-state index in [1.54, 1.807) is 17.0 Å². The predicted molar refractivity (Wildman–Crippen MR) is 129 cm³/mol. The number of hydrogen-bond donors (Lipinski definition) is 1. The van der Waals surface area contributed by atoms with E-state index >= 15 is 0 Å². The van der Waals surface area contributed by atoms with Gasteiger partial charge in [-0.15, -0.1) is 5.10 Å². The van der Waals surface area contributed by atoms with Crippen LogP contribution in [-0.2, 0) is 9.59 Å². The first-order valence-corrected chi connectivity index (χ1v) is 12.4. The molecule has 10 heteroatoms. The van der Waals surface area contributed by atoms with Gasteiger partial charge in [-0.25, -0.2) is 0 Å². The van der Waals surface area contributed by atoms with Crippen LogP contribution in [0, 0.1) is 0 Å². The summed E-state index contributed by atoms with van der Waals surface area (Å²) in [4.78, 5) is 28.1. The first-order valence-electron chi connectivity index (χ1n) is 9.57. The zero-order valence-electron chi connectivity index (χ0n) is 17.1. The Bertz CT molecular complexity index is 1070. The molecule has 0 bridgehead atoms. The molecule has 162 valence electrons. The number of hydrazone groups is 1. The molecule has 2 aliphatic rings. The van der Waals surface area contributed by atoms with E-state index in [1.165, 1.54) is 11.8 Å². The van der Waals surface area contributed by atoms with E-state index in [0.717, 1.165) is 20.1 Å². The van der Waals surface area contributed by atoms with Gasteiger partial charge in [0, 0.05) is 12.0 Å². The zero-order chi connectivity index (χ0) is 22.3. The molecule has 0 saturated carbocycles. The van der Waals surface area contributed by atoms with Crippen LogP contribution in [0.15, 0.2) is 50.4 Å². The van der Waals surface area contributed by atoms with Crippen molar-refractivity contribution in [3.63, 3.8) is 0 Å². The van der Waals surface area contributed by atoms with Gasteiger partial charge in [0.25, 0.3) is 5.91 Å². The van der Waals surface area contributed by atoms with Gasteiger partial charge in [-0.3, -0.25) is 19.5 Å². The van der Waals surface area contributed by atoms with Crippen molar-refractivity contribution in [2.45, 2.75) is 25.6 Å². The van der Waals surface area contributed by atoms with E-state index in [9.17, 15) is 9.59 Å². The van der Waals surface area contributed by atoms with Gasteiger partial charge in [-0.1, -0.05) is 36.9 Å². The number of nitrogens with one attached hydrogen (secondary N) is 1. The number of fused-ring (bicyclic) bond motifs is 3. The Morgan fingerprint density at radius 1 is 1.26 bits per heavy atom. The first kappa shape index (κ1) is 22.2. The summed E-state index contributed by atoms with van der Waals surface area (Å²) in [6.45, 7) is 1.83. The summed E-state index contributed by atoms with van der Waals surface area (Å²) in [5.74, 6) is 0.410. The minimum absolute atomic E-state index is 0.0640. The SMILES string of the molecule is CCC(=O)N1c2ccccc2[C@H]2C(=O)NC(SC)=NN2[C@H]1c1cc(Br)c(OC)c(Br)c1. The average Bonchev–Trinajstić information content (AvgIpc) is 2.76. The Morgan fingerprint density at radius 3 is 2.55 bits per heavy atom. The van der Waals surface area contributed by atoms with Gasteiger partial charge in [0.05, 0.1) is 21.7 Å². The van der Waals surface area contributed by atoms with Gasteiger partial charge in [-0.05, 0) is 61.9 Å². The van der Waals surface area contributed by atoms with Crippen LogP contribution in [-0.4, -0.2) is 35.4 Å². The number of thioether (sulfide) groups is 1. The molecule has 0 unspecified atom stereocenters. The van der Waals surface area contributed by atoms with Crippen LogP contribution in [0.5, 0.6) is 5.75 Å². The normalized spacial score (nSPS) is 19.9. The summed E-state index contributed by atoms with van der Waals surface area (Å²) >= 11 is 8.47. The van der Waals surface area contributed by atoms with E-state index in [2.05, 4.69) is 37.2 Å². The van der Waals surface area contributed by atoms with Gasteiger partial charge in [-0.2, -0.15) is 0 Å². The summed E-state index contributed by atoms with van der Waals surface area (Å²) in [6, 6.07) is 10.6. The highest BCUT2D eigenvalue weighted by Gasteiger charge is 2.47. The quantitative estimate of drug-likeness (QED) is 0.577. The highest BCUT2D eigenvalue weighted by atomic mass is 79.9. The van der Waals surface area contributed by atoms with Crippen molar-refractivity contribution >= 4 is 66.3 Å². The lowest BCUT2D eigenvalue weighted by Gasteiger charge is -2.48. The maximum atomic E-state index is 13.2. The standard InChI is InChI=1S/C21H20Br2N4O3S/c1-4-16(28)26-15-8-6-5-7-12(15)17-19(29)24-21(31-3)25-27(17)20(26)11-9-13(22)18(30-2)14(23)10-11/h5-10,17,20H,4H2,1-3H3,(H,24,25,29)/t17-,20-/m0/s1. The lowest BCUT2D eigenvalue weighted by atomic mass is 9.95. The molecule has 31 heavy (non-hydrogen) atoms. The number of hydrogen-bond acceptors (Lipinski definition) is 6. The maximum Gasteiger partial charge on any atom is 0.255 e. The minimum Gasteiger partial charge on any atom is -0.494 e. The van der Waals surface area contributed by atoms with E-state index in [4.69, 9.17) is 9.84 Å². The maximum absolute atomic E-state index is 13.2. The van der Waals surface area contributed by atoms with Crippen LogP contribution in [0.2, 0.25) is 0 Å². The molecule has 2 aromatic carbocycles. The lowest BCUT2D eigenvalue weighted by molar-refractivity contribution is -0.130. The third-order valence-corrected chi connectivity index (χ3v) is 6.97. The second kappa shape index (κ2) is 8.84. The second-order valence-corrected chi connectivity index (χ2v) is 9.45. The van der Waals surface area contributed by atoms with Crippen molar-refractivity contribution in [3.8, 4) is 5.75 Å². The Labute approximate surface area is 201 Å². The third kappa shape index (κ3) is 3.74. The molecule has 0 radical (unpaired) electrons. The molecule has 2 amide bonds. The number of para-hydroxylation sites is 1. The van der Waals surface area contributed by atoms with E-state index in [-0.39, 0.29) is 11.8 Å². The molecule has 0 fully saturated rings. The van der Waals surface area contributed by atoms with Gasteiger partial charge < -0.3 is 10.1 Å². The number of methoxy groups -OCH3 is 1. The van der Waals surface area contributed by atoms with Crippen LogP contribution < -0.4 is 15.0 Å². The number of amides is 2. The molecule has 2 aromatic rings. The molecule has 2 aliphatic heterocycles. The number of rotatable bonds is 3. The smallest absolute Gasteiger partial charge is 0.255 e. The van der Waals surface area contributed by atoms with Crippen LogP contribution in [0.25, 0.3) is 0 Å². The average molecular weight is 568 g/mol. The van der Waals surface area contributed by atoms with Crippen molar-refractivity contribution in [2.75, 3.05) is 18.3 Å². The highest BCUT2D eigenvalue weighted by molar-refractivity contribution is 9.11. The van der Waals surface area contributed by atoms with Crippen molar-refractivity contribution < 1.29 is 14.3 Å². The Kier molecular flexibility index (Phi) is 6.32. The molecule has 2 atom stereocenters. The van der Waals surface area contributed by atoms with E-state index < -0.39 is 12.2 Å². The molecule has 0 aliphatic carbocycles. The molecule has 1 N–H and O–H groups in total. The van der Waals surface area contributed by atoms with Crippen molar-refractivity contribution in [1.29, 1.82) is 0 Å². The predicted octanol–water partition coefficient (Wildman–Crippen LogP) is 4.78. The topological polar surface area (TPSA) is 74.2 Å².